The van der Waals surface area contributed by atoms with E-state index < -0.39 is 0 Å². The van der Waals surface area contributed by atoms with Crippen LogP contribution in [0, 0.1) is 6.92 Å². The van der Waals surface area contributed by atoms with Gasteiger partial charge < -0.3 is 23.4 Å². The predicted octanol–water partition coefficient (Wildman–Crippen LogP) is 4.81. The molecule has 34 heavy (non-hydrogen) atoms. The molecule has 0 fully saturated rings. The summed E-state index contributed by atoms with van der Waals surface area (Å²) >= 11 is 0. The highest BCUT2D eigenvalue weighted by Crippen LogP contribution is 2.33. The summed E-state index contributed by atoms with van der Waals surface area (Å²) in [5.41, 5.74) is 2.08. The van der Waals surface area contributed by atoms with Gasteiger partial charge in [0.1, 0.15) is 24.5 Å². The fourth-order valence-electron chi connectivity index (χ4n) is 3.78. The van der Waals surface area contributed by atoms with Gasteiger partial charge in [-0.25, -0.2) is 0 Å². The van der Waals surface area contributed by atoms with Crippen molar-refractivity contribution >= 4 is 16.8 Å². The first-order chi connectivity index (χ1) is 16.5. The van der Waals surface area contributed by atoms with Gasteiger partial charge >= 0.3 is 0 Å². The van der Waals surface area contributed by atoms with Crippen molar-refractivity contribution in [3.05, 3.63) is 82.0 Å². The molecule has 0 spiro atoms. The highest BCUT2D eigenvalue weighted by Gasteiger charge is 2.21. The van der Waals surface area contributed by atoms with E-state index in [-0.39, 0.29) is 29.3 Å². The number of hydrogen-bond acceptors (Lipinski definition) is 7. The van der Waals surface area contributed by atoms with Crippen LogP contribution >= 0.6 is 0 Å². The molecule has 7 nitrogen and oxygen atoms in total. The van der Waals surface area contributed by atoms with Crippen molar-refractivity contribution in [2.24, 2.45) is 0 Å². The maximum atomic E-state index is 13.3. The Balaban J connectivity index is 1.51. The quantitative estimate of drug-likeness (QED) is 0.383. The third-order valence-corrected chi connectivity index (χ3v) is 5.57. The van der Waals surface area contributed by atoms with Gasteiger partial charge in [0, 0.05) is 11.1 Å². The smallest absolute Gasteiger partial charge is 0.235 e. The predicted molar refractivity (Wildman–Crippen MR) is 126 cm³/mol. The van der Waals surface area contributed by atoms with Crippen molar-refractivity contribution in [1.82, 2.24) is 0 Å². The summed E-state index contributed by atoms with van der Waals surface area (Å²) in [6.45, 7) is 2.46. The van der Waals surface area contributed by atoms with Crippen LogP contribution in [-0.2, 0) is 0 Å². The SMILES string of the molecule is COc1ccc(-c2oc3cc(C)ccc3c(=O)c2OCC(=O)c2ccc3c(c2)OCCO3)cc1. The second-order valence-corrected chi connectivity index (χ2v) is 7.89. The van der Waals surface area contributed by atoms with Crippen molar-refractivity contribution in [2.75, 3.05) is 26.9 Å². The molecule has 0 saturated heterocycles. The highest BCUT2D eigenvalue weighted by atomic mass is 16.6. The standard InChI is InChI=1S/C27H22O7/c1-16-3-9-20-23(13-16)34-26(17-4-7-19(30-2)8-5-17)27(25(20)29)33-15-21(28)18-6-10-22-24(14-18)32-12-11-31-22/h3-10,13-14H,11-12,15H2,1-2H3. The number of ketones is 1. The van der Waals surface area contributed by atoms with Gasteiger partial charge in [-0.2, -0.15) is 0 Å². The Morgan fingerprint density at radius 3 is 2.47 bits per heavy atom. The van der Waals surface area contributed by atoms with Crippen molar-refractivity contribution in [3.63, 3.8) is 0 Å². The lowest BCUT2D eigenvalue weighted by Crippen LogP contribution is -2.18. The molecule has 0 bridgehead atoms. The van der Waals surface area contributed by atoms with Gasteiger partial charge in [-0.05, 0) is 67.1 Å². The van der Waals surface area contributed by atoms with Crippen LogP contribution in [0.4, 0.5) is 0 Å². The number of aryl methyl sites for hydroxylation is 1. The van der Waals surface area contributed by atoms with Crippen LogP contribution in [0.5, 0.6) is 23.0 Å². The molecule has 172 valence electrons. The van der Waals surface area contributed by atoms with Crippen LogP contribution < -0.4 is 24.4 Å². The minimum absolute atomic E-state index is 0.0209. The molecular weight excluding hydrogens is 436 g/mol. The number of methoxy groups -OCH3 is 1. The van der Waals surface area contributed by atoms with Crippen LogP contribution in [0.2, 0.25) is 0 Å². The maximum absolute atomic E-state index is 13.3. The molecule has 1 aliphatic heterocycles. The van der Waals surface area contributed by atoms with Gasteiger partial charge in [-0.3, -0.25) is 9.59 Å². The minimum atomic E-state index is -0.345. The number of rotatable bonds is 6. The van der Waals surface area contributed by atoms with Crippen LogP contribution in [-0.4, -0.2) is 32.7 Å². The molecule has 1 aromatic heterocycles. The van der Waals surface area contributed by atoms with Gasteiger partial charge in [-0.15, -0.1) is 0 Å². The van der Waals surface area contributed by atoms with Crippen LogP contribution in [0.1, 0.15) is 15.9 Å². The molecule has 0 aliphatic carbocycles. The Bertz CT molecular complexity index is 1430. The number of ether oxygens (including phenoxy) is 4. The Labute approximate surface area is 195 Å². The van der Waals surface area contributed by atoms with Gasteiger partial charge in [0.05, 0.1) is 12.5 Å². The first-order valence-electron chi connectivity index (χ1n) is 10.8. The molecule has 3 aromatic carbocycles. The first kappa shape index (κ1) is 21.6. The molecular formula is C27H22O7. The summed E-state index contributed by atoms with van der Waals surface area (Å²) in [7, 11) is 1.58. The van der Waals surface area contributed by atoms with E-state index >= 15 is 0 Å². The molecule has 0 N–H and O–H groups in total. The zero-order chi connectivity index (χ0) is 23.7. The zero-order valence-corrected chi connectivity index (χ0v) is 18.8. The summed E-state index contributed by atoms with van der Waals surface area (Å²) in [5, 5.41) is 0.379. The topological polar surface area (TPSA) is 84.2 Å². The third-order valence-electron chi connectivity index (χ3n) is 5.57. The highest BCUT2D eigenvalue weighted by molar-refractivity contribution is 5.98. The van der Waals surface area contributed by atoms with Crippen molar-refractivity contribution in [3.8, 4) is 34.3 Å². The molecule has 0 radical (unpaired) electrons. The van der Waals surface area contributed by atoms with E-state index in [2.05, 4.69) is 0 Å². The summed E-state index contributed by atoms with van der Waals surface area (Å²) in [4.78, 5) is 26.2. The van der Waals surface area contributed by atoms with Gasteiger partial charge in [0.2, 0.25) is 11.2 Å². The lowest BCUT2D eigenvalue weighted by Gasteiger charge is -2.18. The molecule has 0 amide bonds. The van der Waals surface area contributed by atoms with Gasteiger partial charge in [-0.1, -0.05) is 6.07 Å². The lowest BCUT2D eigenvalue weighted by atomic mass is 10.1. The maximum Gasteiger partial charge on any atom is 0.235 e. The Hall–Kier alpha value is -4.26. The van der Waals surface area contributed by atoms with Gasteiger partial charge in [0.25, 0.3) is 0 Å². The van der Waals surface area contributed by atoms with E-state index in [0.29, 0.717) is 52.6 Å². The Kier molecular flexibility index (Phi) is 5.67. The number of carbonyl (C=O) groups is 1. The molecule has 0 unspecified atom stereocenters. The average Bonchev–Trinajstić information content (AvgIpc) is 2.87. The fourth-order valence-corrected chi connectivity index (χ4v) is 3.78. The average molecular weight is 458 g/mol. The monoisotopic (exact) mass is 458 g/mol. The van der Waals surface area contributed by atoms with Crippen molar-refractivity contribution in [1.29, 1.82) is 0 Å². The molecule has 5 rings (SSSR count). The molecule has 0 saturated carbocycles. The second-order valence-electron chi connectivity index (χ2n) is 7.89. The minimum Gasteiger partial charge on any atom is -0.497 e. The van der Waals surface area contributed by atoms with E-state index in [9.17, 15) is 9.59 Å². The fraction of sp³-hybridized carbons (Fsp3) is 0.185. The molecule has 7 heteroatoms. The van der Waals surface area contributed by atoms with E-state index in [1.165, 1.54) is 0 Å². The molecule has 1 aliphatic rings. The molecule has 4 aromatic rings. The summed E-state index contributed by atoms with van der Waals surface area (Å²) in [5.74, 6) is 1.70. The van der Waals surface area contributed by atoms with Crippen molar-refractivity contribution in [2.45, 2.75) is 6.92 Å². The van der Waals surface area contributed by atoms with E-state index in [1.54, 1.807) is 61.7 Å². The zero-order valence-electron chi connectivity index (χ0n) is 18.8. The van der Waals surface area contributed by atoms with Crippen LogP contribution in [0.3, 0.4) is 0 Å². The number of hydrogen-bond donors (Lipinski definition) is 0. The summed E-state index contributed by atoms with van der Waals surface area (Å²) < 4.78 is 28.2. The van der Waals surface area contributed by atoms with E-state index in [0.717, 1.165) is 5.56 Å². The number of fused-ring (bicyclic) bond motifs is 2. The van der Waals surface area contributed by atoms with Crippen molar-refractivity contribution < 1.29 is 28.2 Å². The van der Waals surface area contributed by atoms with Gasteiger partial charge in [0.15, 0.2) is 29.6 Å². The van der Waals surface area contributed by atoms with Crippen LogP contribution in [0.25, 0.3) is 22.3 Å². The Morgan fingerprint density at radius 1 is 0.941 bits per heavy atom. The largest absolute Gasteiger partial charge is 0.497 e. The lowest BCUT2D eigenvalue weighted by molar-refractivity contribution is 0.0919. The third kappa shape index (κ3) is 4.08. The van der Waals surface area contributed by atoms with E-state index in [4.69, 9.17) is 23.4 Å². The molecule has 2 heterocycles. The summed E-state index contributed by atoms with van der Waals surface area (Å²) in [6.07, 6.45) is 0. The Morgan fingerprint density at radius 2 is 1.71 bits per heavy atom. The number of Topliss-reactive ketones (excluding diaryl/α,β-unsaturated/α-hetero) is 1. The number of benzene rings is 3. The molecule has 0 atom stereocenters. The van der Waals surface area contributed by atoms with Crippen LogP contribution in [0.15, 0.2) is 69.9 Å². The normalized spacial score (nSPS) is 12.4. The first-order valence-corrected chi connectivity index (χ1v) is 10.8. The van der Waals surface area contributed by atoms with E-state index in [1.807, 2.05) is 13.0 Å². The summed E-state index contributed by atoms with van der Waals surface area (Å²) in [6, 6.07) is 17.4. The number of carbonyl (C=O) groups excluding carboxylic acids is 1. The second kappa shape index (κ2) is 8.94.